The van der Waals surface area contributed by atoms with E-state index < -0.39 is 27.7 Å². The Kier molecular flexibility index (Phi) is 6.16. The molecule has 3 aromatic rings. The lowest BCUT2D eigenvalue weighted by Crippen LogP contribution is -2.50. The molecule has 1 amide bonds. The third-order valence-corrected chi connectivity index (χ3v) is 7.54. The quantitative estimate of drug-likeness (QED) is 0.597. The average molecular weight is 486 g/mol. The van der Waals surface area contributed by atoms with Gasteiger partial charge in [0, 0.05) is 26.2 Å². The van der Waals surface area contributed by atoms with Gasteiger partial charge in [0.15, 0.2) is 0 Å². The largest absolute Gasteiger partial charge is 0.418 e. The summed E-state index contributed by atoms with van der Waals surface area (Å²) in [6.07, 6.45) is -4.58. The molecular formula is C19H18F3N5O3S2. The van der Waals surface area contributed by atoms with Gasteiger partial charge in [-0.15, -0.1) is 0 Å². The van der Waals surface area contributed by atoms with Crippen LogP contribution in [0.1, 0.15) is 5.56 Å². The Hall–Kier alpha value is -2.61. The fraction of sp³-hybridized carbons (Fsp3) is 0.316. The minimum absolute atomic E-state index is 0.0821. The number of rotatable bonds is 5. The molecule has 2 heterocycles. The number of alkyl halides is 3. The van der Waals surface area contributed by atoms with E-state index in [9.17, 15) is 26.4 Å². The van der Waals surface area contributed by atoms with E-state index in [4.69, 9.17) is 0 Å². The van der Waals surface area contributed by atoms with Crippen molar-refractivity contribution in [2.75, 3.05) is 38.0 Å². The minimum atomic E-state index is -4.58. The van der Waals surface area contributed by atoms with Crippen molar-refractivity contribution in [1.82, 2.24) is 18.0 Å². The van der Waals surface area contributed by atoms with Crippen molar-refractivity contribution in [3.63, 3.8) is 0 Å². The van der Waals surface area contributed by atoms with Crippen molar-refractivity contribution in [3.05, 3.63) is 48.0 Å². The van der Waals surface area contributed by atoms with E-state index in [1.165, 1.54) is 28.6 Å². The highest BCUT2D eigenvalue weighted by molar-refractivity contribution is 7.89. The Bertz CT molecular complexity index is 1240. The van der Waals surface area contributed by atoms with Crippen molar-refractivity contribution in [3.8, 4) is 0 Å². The predicted octanol–water partition coefficient (Wildman–Crippen LogP) is 2.66. The van der Waals surface area contributed by atoms with E-state index in [1.54, 1.807) is 17.0 Å². The number of amides is 1. The van der Waals surface area contributed by atoms with Crippen LogP contribution in [0.15, 0.2) is 47.4 Å². The molecule has 32 heavy (non-hydrogen) atoms. The van der Waals surface area contributed by atoms with Crippen LogP contribution in [-0.4, -0.2) is 65.0 Å². The second kappa shape index (κ2) is 8.73. The predicted molar refractivity (Wildman–Crippen MR) is 113 cm³/mol. The van der Waals surface area contributed by atoms with Crippen LogP contribution in [-0.2, 0) is 21.0 Å². The molecule has 1 aromatic heterocycles. The molecule has 13 heteroatoms. The number of anilines is 1. The Morgan fingerprint density at radius 1 is 1.03 bits per heavy atom. The summed E-state index contributed by atoms with van der Waals surface area (Å²) in [6.45, 7) is 0.662. The lowest BCUT2D eigenvalue weighted by molar-refractivity contribution is -0.137. The zero-order chi connectivity index (χ0) is 22.9. The Morgan fingerprint density at radius 2 is 1.75 bits per heavy atom. The second-order valence-electron chi connectivity index (χ2n) is 7.16. The molecule has 0 radical (unpaired) electrons. The van der Waals surface area contributed by atoms with Gasteiger partial charge in [0.1, 0.15) is 15.9 Å². The molecule has 1 fully saturated rings. The minimum Gasteiger partial charge on any atom is -0.324 e. The van der Waals surface area contributed by atoms with E-state index in [0.717, 1.165) is 17.8 Å². The van der Waals surface area contributed by atoms with Crippen LogP contribution in [0, 0.1) is 0 Å². The number of benzene rings is 2. The maximum atomic E-state index is 13.1. The molecule has 8 nitrogen and oxygen atoms in total. The maximum Gasteiger partial charge on any atom is 0.418 e. The molecule has 170 valence electrons. The van der Waals surface area contributed by atoms with Crippen molar-refractivity contribution in [2.45, 2.75) is 11.1 Å². The van der Waals surface area contributed by atoms with Gasteiger partial charge >= 0.3 is 6.18 Å². The van der Waals surface area contributed by atoms with Gasteiger partial charge in [-0.2, -0.15) is 26.2 Å². The van der Waals surface area contributed by atoms with Gasteiger partial charge in [0.2, 0.25) is 15.9 Å². The SMILES string of the molecule is O=C(CN1CCN(S(=O)(=O)c2cccc3nsnc23)CC1)Nc1ccccc1C(F)(F)F. The molecule has 2 aromatic carbocycles. The van der Waals surface area contributed by atoms with E-state index in [2.05, 4.69) is 14.1 Å². The first-order valence-corrected chi connectivity index (χ1v) is 11.7. The van der Waals surface area contributed by atoms with Gasteiger partial charge in [-0.1, -0.05) is 18.2 Å². The van der Waals surface area contributed by atoms with E-state index in [1.807, 2.05) is 0 Å². The summed E-state index contributed by atoms with van der Waals surface area (Å²) in [5, 5.41) is 2.30. The molecule has 4 rings (SSSR count). The first-order valence-electron chi connectivity index (χ1n) is 9.56. The summed E-state index contributed by atoms with van der Waals surface area (Å²) >= 11 is 0.934. The third-order valence-electron chi connectivity index (χ3n) is 5.07. The Morgan fingerprint density at radius 3 is 2.47 bits per heavy atom. The number of nitrogens with zero attached hydrogens (tertiary/aromatic N) is 4. The number of hydrogen-bond donors (Lipinski definition) is 1. The number of fused-ring (bicyclic) bond motifs is 1. The van der Waals surface area contributed by atoms with Crippen molar-refractivity contribution < 1.29 is 26.4 Å². The summed E-state index contributed by atoms with van der Waals surface area (Å²) in [7, 11) is -3.80. The number of sulfonamides is 1. The summed E-state index contributed by atoms with van der Waals surface area (Å²) in [4.78, 5) is 14.1. The van der Waals surface area contributed by atoms with E-state index >= 15 is 0 Å². The molecule has 1 aliphatic rings. The smallest absolute Gasteiger partial charge is 0.324 e. The van der Waals surface area contributed by atoms with E-state index in [0.29, 0.717) is 11.0 Å². The molecule has 0 bridgehead atoms. The topological polar surface area (TPSA) is 95.5 Å². The number of nitrogens with one attached hydrogen (secondary N) is 1. The fourth-order valence-electron chi connectivity index (χ4n) is 3.49. The summed E-state index contributed by atoms with van der Waals surface area (Å²) < 4.78 is 74.9. The van der Waals surface area contributed by atoms with Crippen LogP contribution < -0.4 is 5.32 Å². The molecule has 1 aliphatic heterocycles. The summed E-state index contributed by atoms with van der Waals surface area (Å²) in [6, 6.07) is 9.53. The lowest BCUT2D eigenvalue weighted by Gasteiger charge is -2.33. The van der Waals surface area contributed by atoms with Gasteiger partial charge in [-0.05, 0) is 24.3 Å². The summed E-state index contributed by atoms with van der Waals surface area (Å²) in [5.41, 5.74) is -0.403. The molecule has 0 unspecified atom stereocenters. The normalized spacial score (nSPS) is 16.3. The van der Waals surface area contributed by atoms with Gasteiger partial charge in [0.05, 0.1) is 29.5 Å². The van der Waals surface area contributed by atoms with Crippen molar-refractivity contribution in [1.29, 1.82) is 0 Å². The summed E-state index contributed by atoms with van der Waals surface area (Å²) in [5.74, 6) is -0.601. The highest BCUT2D eigenvalue weighted by Gasteiger charge is 2.34. The van der Waals surface area contributed by atoms with Crippen LogP contribution >= 0.6 is 11.7 Å². The number of piperazine rings is 1. The van der Waals surface area contributed by atoms with Crippen LogP contribution in [0.5, 0.6) is 0 Å². The zero-order valence-corrected chi connectivity index (χ0v) is 18.2. The second-order valence-corrected chi connectivity index (χ2v) is 9.59. The lowest BCUT2D eigenvalue weighted by atomic mass is 10.1. The first kappa shape index (κ1) is 22.6. The molecule has 0 spiro atoms. The number of halogens is 3. The zero-order valence-electron chi connectivity index (χ0n) is 16.5. The van der Waals surface area contributed by atoms with Crippen LogP contribution in [0.3, 0.4) is 0 Å². The number of para-hydroxylation sites is 1. The van der Waals surface area contributed by atoms with Gasteiger partial charge < -0.3 is 5.32 Å². The maximum absolute atomic E-state index is 13.1. The van der Waals surface area contributed by atoms with Crippen LogP contribution in [0.25, 0.3) is 11.0 Å². The highest BCUT2D eigenvalue weighted by Crippen LogP contribution is 2.34. The standard InChI is InChI=1S/C19H18F3N5O3S2/c20-19(21,22)13-4-1-2-5-14(13)23-17(28)12-26-8-10-27(11-9-26)32(29,30)16-7-3-6-15-18(16)25-31-24-15/h1-7H,8-12H2,(H,23,28). The van der Waals surface area contributed by atoms with Crippen molar-refractivity contribution in [2.24, 2.45) is 0 Å². The number of carbonyl (C=O) groups excluding carboxylic acids is 1. The first-order chi connectivity index (χ1) is 15.2. The molecule has 0 saturated carbocycles. The molecule has 0 aliphatic carbocycles. The number of aromatic nitrogens is 2. The molecule has 0 atom stereocenters. The Labute approximate surface area is 186 Å². The number of hydrogen-bond acceptors (Lipinski definition) is 7. The average Bonchev–Trinajstić information content (AvgIpc) is 3.22. The van der Waals surface area contributed by atoms with Gasteiger partial charge in [-0.3, -0.25) is 9.69 Å². The van der Waals surface area contributed by atoms with Crippen molar-refractivity contribution >= 4 is 44.4 Å². The molecular weight excluding hydrogens is 467 g/mol. The molecule has 1 saturated heterocycles. The van der Waals surface area contributed by atoms with E-state index in [-0.39, 0.29) is 43.3 Å². The molecule has 1 N–H and O–H groups in total. The third kappa shape index (κ3) is 4.60. The highest BCUT2D eigenvalue weighted by atomic mass is 32.2. The monoisotopic (exact) mass is 485 g/mol. The number of carbonyl (C=O) groups is 1. The van der Waals surface area contributed by atoms with Gasteiger partial charge in [-0.25, -0.2) is 8.42 Å². The van der Waals surface area contributed by atoms with Gasteiger partial charge in [0.25, 0.3) is 0 Å². The Balaban J connectivity index is 1.38. The van der Waals surface area contributed by atoms with Crippen LogP contribution in [0.4, 0.5) is 18.9 Å². The van der Waals surface area contributed by atoms with Crippen LogP contribution in [0.2, 0.25) is 0 Å². The fourth-order valence-corrected chi connectivity index (χ4v) is 5.66.